The van der Waals surface area contributed by atoms with Crippen LogP contribution in [0.3, 0.4) is 0 Å². The Labute approximate surface area is 138 Å². The first-order valence-corrected chi connectivity index (χ1v) is 7.61. The molecule has 0 bridgehead atoms. The summed E-state index contributed by atoms with van der Waals surface area (Å²) in [5.74, 6) is -2.70. The van der Waals surface area contributed by atoms with Gasteiger partial charge in [0.15, 0.2) is 6.61 Å². The Hall–Kier alpha value is -2.71. The summed E-state index contributed by atoms with van der Waals surface area (Å²) in [5, 5.41) is 4.12. The number of carbonyl (C=O) groups is 5. The number of carbonyl (C=O) groups excluding carboxylic acids is 5. The summed E-state index contributed by atoms with van der Waals surface area (Å²) in [4.78, 5) is 59.3. The van der Waals surface area contributed by atoms with Crippen molar-refractivity contribution < 1.29 is 28.7 Å². The van der Waals surface area contributed by atoms with Crippen LogP contribution in [0.2, 0.25) is 0 Å². The Morgan fingerprint density at radius 1 is 1.17 bits per heavy atom. The van der Waals surface area contributed by atoms with E-state index in [1.165, 1.54) is 7.05 Å². The van der Waals surface area contributed by atoms with Gasteiger partial charge in [0, 0.05) is 13.6 Å². The summed E-state index contributed by atoms with van der Waals surface area (Å²) in [7, 11) is 1.34. The van der Waals surface area contributed by atoms with E-state index in [-0.39, 0.29) is 36.6 Å². The molecule has 0 saturated carbocycles. The molecule has 2 N–H and O–H groups in total. The van der Waals surface area contributed by atoms with Crippen molar-refractivity contribution in [3.05, 3.63) is 12.2 Å². The lowest BCUT2D eigenvalue weighted by Gasteiger charge is -2.14. The minimum atomic E-state index is -0.770. The largest absolute Gasteiger partial charge is 0.456 e. The molecule has 1 heterocycles. The van der Waals surface area contributed by atoms with Crippen LogP contribution in [-0.4, -0.2) is 54.8 Å². The number of hydrogen-bond donors (Lipinski definition) is 2. The first-order valence-electron chi connectivity index (χ1n) is 7.61. The Bertz CT molecular complexity index is 574. The topological polar surface area (TPSA) is 122 Å². The quantitative estimate of drug-likeness (QED) is 0.390. The van der Waals surface area contributed by atoms with Crippen molar-refractivity contribution >= 4 is 29.7 Å². The number of urea groups is 1. The predicted molar refractivity (Wildman–Crippen MR) is 80.2 cm³/mol. The van der Waals surface area contributed by atoms with Gasteiger partial charge >= 0.3 is 12.0 Å². The van der Waals surface area contributed by atoms with E-state index in [1.807, 2.05) is 17.5 Å². The van der Waals surface area contributed by atoms with Gasteiger partial charge in [0.25, 0.3) is 5.91 Å². The van der Waals surface area contributed by atoms with Crippen LogP contribution in [-0.2, 0) is 23.9 Å². The molecular formula is C15H19N3O6. The van der Waals surface area contributed by atoms with Gasteiger partial charge in [-0.2, -0.15) is 0 Å². The molecular weight excluding hydrogens is 318 g/mol. The van der Waals surface area contributed by atoms with Crippen molar-refractivity contribution in [2.45, 2.75) is 19.3 Å². The highest BCUT2D eigenvalue weighted by Crippen LogP contribution is 2.34. The molecule has 24 heavy (non-hydrogen) atoms. The number of hydrogen-bond acceptors (Lipinski definition) is 6. The molecule has 2 atom stereocenters. The lowest BCUT2D eigenvalue weighted by atomic mass is 9.85. The number of allylic oxidation sites excluding steroid dienone is 2. The summed E-state index contributed by atoms with van der Waals surface area (Å²) < 4.78 is 4.71. The Balaban J connectivity index is 1.76. The number of likely N-dealkylation sites (tertiary alicyclic amines) is 1. The predicted octanol–water partition coefficient (Wildman–Crippen LogP) is -0.673. The zero-order chi connectivity index (χ0) is 17.7. The maximum atomic E-state index is 12.2. The van der Waals surface area contributed by atoms with Crippen molar-refractivity contribution in [2.24, 2.45) is 11.8 Å². The summed E-state index contributed by atoms with van der Waals surface area (Å²) in [6, 6.07) is -0.708. The van der Waals surface area contributed by atoms with Gasteiger partial charge in [-0.05, 0) is 12.8 Å². The third-order valence-electron chi connectivity index (χ3n) is 3.98. The Morgan fingerprint density at radius 3 is 2.29 bits per heavy atom. The lowest BCUT2D eigenvalue weighted by molar-refractivity contribution is -0.149. The number of nitrogens with zero attached hydrogens (tertiary/aromatic N) is 1. The monoisotopic (exact) mass is 337 g/mol. The molecule has 2 aliphatic rings. The summed E-state index contributed by atoms with van der Waals surface area (Å²) in [6.45, 7) is -0.677. The van der Waals surface area contributed by atoms with Crippen molar-refractivity contribution in [3.63, 3.8) is 0 Å². The molecule has 0 radical (unpaired) electrons. The normalized spacial score (nSPS) is 22.1. The molecule has 0 aromatic rings. The molecule has 5 amide bonds. The van der Waals surface area contributed by atoms with Gasteiger partial charge in [0.2, 0.25) is 11.8 Å². The van der Waals surface area contributed by atoms with Gasteiger partial charge in [-0.25, -0.2) is 4.79 Å². The van der Waals surface area contributed by atoms with E-state index < -0.39 is 24.5 Å². The van der Waals surface area contributed by atoms with Gasteiger partial charge in [0.1, 0.15) is 0 Å². The summed E-state index contributed by atoms with van der Waals surface area (Å²) in [6.07, 6.45) is 4.65. The van der Waals surface area contributed by atoms with Crippen molar-refractivity contribution in [1.29, 1.82) is 0 Å². The lowest BCUT2D eigenvalue weighted by Crippen LogP contribution is -2.40. The molecule has 0 spiro atoms. The van der Waals surface area contributed by atoms with E-state index in [2.05, 4.69) is 5.32 Å². The van der Waals surface area contributed by atoms with Gasteiger partial charge in [-0.15, -0.1) is 0 Å². The van der Waals surface area contributed by atoms with Crippen molar-refractivity contribution in [2.75, 3.05) is 20.2 Å². The Kier molecular flexibility index (Phi) is 5.67. The van der Waals surface area contributed by atoms with Crippen LogP contribution >= 0.6 is 0 Å². The zero-order valence-corrected chi connectivity index (χ0v) is 13.2. The average Bonchev–Trinajstić information content (AvgIpc) is 2.82. The molecule has 2 rings (SSSR count). The third-order valence-corrected chi connectivity index (χ3v) is 3.98. The van der Waals surface area contributed by atoms with Gasteiger partial charge in [0.05, 0.1) is 18.3 Å². The highest BCUT2D eigenvalue weighted by Gasteiger charge is 2.46. The first kappa shape index (κ1) is 17.6. The van der Waals surface area contributed by atoms with E-state index in [4.69, 9.17) is 4.74 Å². The number of nitrogens with one attached hydrogen (secondary N) is 2. The molecule has 1 saturated heterocycles. The number of imide groups is 2. The van der Waals surface area contributed by atoms with Crippen LogP contribution in [0.25, 0.3) is 0 Å². The van der Waals surface area contributed by atoms with Crippen LogP contribution in [0, 0.1) is 11.8 Å². The number of ether oxygens (including phenoxy) is 1. The van der Waals surface area contributed by atoms with E-state index in [0.29, 0.717) is 12.8 Å². The molecule has 0 aromatic heterocycles. The van der Waals surface area contributed by atoms with E-state index in [9.17, 15) is 24.0 Å². The van der Waals surface area contributed by atoms with Crippen molar-refractivity contribution in [3.8, 4) is 0 Å². The number of esters is 1. The van der Waals surface area contributed by atoms with Crippen LogP contribution < -0.4 is 10.6 Å². The molecule has 9 heteroatoms. The minimum absolute atomic E-state index is 0.0689. The van der Waals surface area contributed by atoms with Crippen molar-refractivity contribution in [1.82, 2.24) is 15.5 Å². The minimum Gasteiger partial charge on any atom is -0.456 e. The van der Waals surface area contributed by atoms with E-state index in [1.54, 1.807) is 0 Å². The SMILES string of the molecule is CNC(=O)NC(=O)COC(=O)CCN1C(=O)[C@H]2CC=CC[C@H]2C1=O. The highest BCUT2D eigenvalue weighted by molar-refractivity contribution is 6.05. The fourth-order valence-corrected chi connectivity index (χ4v) is 2.74. The fraction of sp³-hybridized carbons (Fsp3) is 0.533. The van der Waals surface area contributed by atoms with Crippen LogP contribution in [0.4, 0.5) is 4.79 Å². The molecule has 0 unspecified atom stereocenters. The first-order chi connectivity index (χ1) is 11.4. The molecule has 1 fully saturated rings. The molecule has 9 nitrogen and oxygen atoms in total. The van der Waals surface area contributed by atoms with Gasteiger partial charge in [-0.3, -0.25) is 29.4 Å². The molecule has 0 aromatic carbocycles. The number of amides is 5. The number of rotatable bonds is 5. The molecule has 130 valence electrons. The number of fused-ring (bicyclic) bond motifs is 1. The summed E-state index contributed by atoms with van der Waals surface area (Å²) >= 11 is 0. The molecule has 1 aliphatic heterocycles. The van der Waals surface area contributed by atoms with E-state index >= 15 is 0 Å². The second-order valence-electron chi connectivity index (χ2n) is 5.52. The van der Waals surface area contributed by atoms with E-state index in [0.717, 1.165) is 4.90 Å². The Morgan fingerprint density at radius 2 is 1.75 bits per heavy atom. The van der Waals surface area contributed by atoms with Crippen LogP contribution in [0.15, 0.2) is 12.2 Å². The fourth-order valence-electron chi connectivity index (χ4n) is 2.74. The third kappa shape index (κ3) is 3.98. The van der Waals surface area contributed by atoms with Gasteiger partial charge < -0.3 is 10.1 Å². The summed E-state index contributed by atoms with van der Waals surface area (Å²) in [5.41, 5.74) is 0. The smallest absolute Gasteiger partial charge is 0.321 e. The molecule has 1 aliphatic carbocycles. The second-order valence-corrected chi connectivity index (χ2v) is 5.52. The van der Waals surface area contributed by atoms with Gasteiger partial charge in [-0.1, -0.05) is 12.2 Å². The standard InChI is InChI=1S/C15H19N3O6/c1-16-15(23)17-11(19)8-24-12(20)6-7-18-13(21)9-4-2-3-5-10(9)14(18)22/h2-3,9-10H,4-8H2,1H3,(H2,16,17,19,23)/t9-,10+. The maximum Gasteiger partial charge on any atom is 0.321 e. The highest BCUT2D eigenvalue weighted by atomic mass is 16.5. The average molecular weight is 337 g/mol. The second kappa shape index (κ2) is 7.71. The zero-order valence-electron chi connectivity index (χ0n) is 13.2. The van der Waals surface area contributed by atoms with Crippen LogP contribution in [0.5, 0.6) is 0 Å². The van der Waals surface area contributed by atoms with Crippen LogP contribution in [0.1, 0.15) is 19.3 Å². The maximum absolute atomic E-state index is 12.2.